The molecule has 6 nitrogen and oxygen atoms in total. The Morgan fingerprint density at radius 1 is 1.39 bits per heavy atom. The van der Waals surface area contributed by atoms with Gasteiger partial charge in [0.15, 0.2) is 6.54 Å². The number of hydrogen-bond acceptors (Lipinski definition) is 3. The minimum atomic E-state index is -0.523. The fourth-order valence-corrected chi connectivity index (χ4v) is 2.58. The van der Waals surface area contributed by atoms with Gasteiger partial charge in [-0.2, -0.15) is 0 Å². The maximum atomic E-state index is 13.1. The summed E-state index contributed by atoms with van der Waals surface area (Å²) in [5.74, 6) is -0.697. The van der Waals surface area contributed by atoms with Crippen LogP contribution >= 0.6 is 11.6 Å². The van der Waals surface area contributed by atoms with Crippen LogP contribution < -0.4 is 10.2 Å². The molecule has 0 saturated carbocycles. The summed E-state index contributed by atoms with van der Waals surface area (Å²) >= 11 is 5.68. The topological polar surface area (TPSA) is 63.1 Å². The Bertz CT molecular complexity index is 577. The summed E-state index contributed by atoms with van der Waals surface area (Å²) in [6, 6.07) is 4.05. The third kappa shape index (κ3) is 5.07. The average molecular weight is 345 g/mol. The van der Waals surface area contributed by atoms with Gasteiger partial charge in [0.1, 0.15) is 5.82 Å². The van der Waals surface area contributed by atoms with Crippen molar-refractivity contribution in [2.24, 2.45) is 0 Å². The molecule has 1 fully saturated rings. The van der Waals surface area contributed by atoms with Gasteiger partial charge in [0.05, 0.1) is 37.8 Å². The minimum Gasteiger partial charge on any atom is -0.450 e. The first-order chi connectivity index (χ1) is 11.0. The van der Waals surface area contributed by atoms with Gasteiger partial charge in [-0.05, 0) is 25.1 Å². The molecule has 0 aliphatic carbocycles. The van der Waals surface area contributed by atoms with Crippen molar-refractivity contribution in [2.45, 2.75) is 6.92 Å². The van der Waals surface area contributed by atoms with Crippen molar-refractivity contribution >= 4 is 29.3 Å². The molecule has 0 unspecified atom stereocenters. The number of carbonyl (C=O) groups excluding carboxylic acids is 2. The summed E-state index contributed by atoms with van der Waals surface area (Å²) in [5.41, 5.74) is 0.464. The Balaban J connectivity index is 1.78. The predicted octanol–water partition coefficient (Wildman–Crippen LogP) is 0.775. The van der Waals surface area contributed by atoms with E-state index in [1.807, 2.05) is 0 Å². The van der Waals surface area contributed by atoms with Gasteiger partial charge in [-0.25, -0.2) is 9.18 Å². The third-order valence-electron chi connectivity index (χ3n) is 3.61. The van der Waals surface area contributed by atoms with E-state index in [2.05, 4.69) is 5.32 Å². The van der Waals surface area contributed by atoms with Crippen molar-refractivity contribution < 1.29 is 23.6 Å². The lowest BCUT2D eigenvalue weighted by molar-refractivity contribution is -0.895. The van der Waals surface area contributed by atoms with E-state index in [0.717, 1.165) is 4.90 Å². The molecule has 126 valence electrons. The molecular weight excluding hydrogens is 325 g/mol. The molecule has 1 aliphatic rings. The highest BCUT2D eigenvalue weighted by Gasteiger charge is 2.25. The Kier molecular flexibility index (Phi) is 6.18. The molecule has 0 atom stereocenters. The molecule has 1 aromatic rings. The molecule has 23 heavy (non-hydrogen) atoms. The first-order valence-corrected chi connectivity index (χ1v) is 7.87. The van der Waals surface area contributed by atoms with E-state index in [1.165, 1.54) is 18.2 Å². The molecule has 2 amide bonds. The zero-order valence-corrected chi connectivity index (χ0v) is 13.7. The van der Waals surface area contributed by atoms with E-state index in [0.29, 0.717) is 38.5 Å². The number of halogens is 2. The molecule has 1 saturated heterocycles. The van der Waals surface area contributed by atoms with Crippen molar-refractivity contribution in [3.63, 3.8) is 0 Å². The zero-order chi connectivity index (χ0) is 16.8. The van der Waals surface area contributed by atoms with Gasteiger partial charge < -0.3 is 15.0 Å². The highest BCUT2D eigenvalue weighted by molar-refractivity contribution is 6.31. The molecular formula is C15H20ClFN3O3+. The SMILES string of the molecule is CCOC(=O)N1CC[NH+](CC(=O)Nc2ccc(F)c(Cl)c2)CC1. The van der Waals surface area contributed by atoms with Crippen LogP contribution in [0.25, 0.3) is 0 Å². The number of nitrogens with one attached hydrogen (secondary N) is 2. The molecule has 1 heterocycles. The van der Waals surface area contributed by atoms with E-state index >= 15 is 0 Å². The Morgan fingerprint density at radius 2 is 2.09 bits per heavy atom. The van der Waals surface area contributed by atoms with Crippen LogP contribution in [0.2, 0.25) is 5.02 Å². The van der Waals surface area contributed by atoms with Crippen LogP contribution in [0.3, 0.4) is 0 Å². The molecule has 0 bridgehead atoms. The van der Waals surface area contributed by atoms with E-state index in [-0.39, 0.29) is 23.6 Å². The van der Waals surface area contributed by atoms with Crippen LogP contribution in [0.15, 0.2) is 18.2 Å². The van der Waals surface area contributed by atoms with Gasteiger partial charge in [-0.15, -0.1) is 0 Å². The van der Waals surface area contributed by atoms with E-state index in [4.69, 9.17) is 16.3 Å². The van der Waals surface area contributed by atoms with E-state index in [9.17, 15) is 14.0 Å². The molecule has 0 aromatic heterocycles. The maximum absolute atomic E-state index is 13.1. The smallest absolute Gasteiger partial charge is 0.410 e. The van der Waals surface area contributed by atoms with Gasteiger partial charge >= 0.3 is 6.09 Å². The Hall–Kier alpha value is -1.86. The summed E-state index contributed by atoms with van der Waals surface area (Å²) in [5, 5.41) is 2.67. The van der Waals surface area contributed by atoms with Crippen LogP contribution in [-0.4, -0.2) is 56.2 Å². The fraction of sp³-hybridized carbons (Fsp3) is 0.467. The number of quaternary nitrogens is 1. The first-order valence-electron chi connectivity index (χ1n) is 7.49. The van der Waals surface area contributed by atoms with Gasteiger partial charge in [-0.1, -0.05) is 11.6 Å². The average Bonchev–Trinajstić information content (AvgIpc) is 2.52. The monoisotopic (exact) mass is 344 g/mol. The maximum Gasteiger partial charge on any atom is 0.410 e. The normalized spacial score (nSPS) is 15.3. The van der Waals surface area contributed by atoms with Gasteiger partial charge in [-0.3, -0.25) is 9.69 Å². The number of hydrogen-bond donors (Lipinski definition) is 2. The molecule has 2 rings (SSSR count). The number of carbonyl (C=O) groups is 2. The third-order valence-corrected chi connectivity index (χ3v) is 3.90. The molecule has 8 heteroatoms. The summed E-state index contributed by atoms with van der Waals surface area (Å²) in [4.78, 5) is 26.3. The predicted molar refractivity (Wildman–Crippen MR) is 84.2 cm³/mol. The number of rotatable bonds is 4. The second kappa shape index (κ2) is 8.12. The van der Waals surface area contributed by atoms with Gasteiger partial charge in [0.25, 0.3) is 5.91 Å². The molecule has 0 spiro atoms. The number of benzene rings is 1. The lowest BCUT2D eigenvalue weighted by Crippen LogP contribution is -3.15. The van der Waals surface area contributed by atoms with E-state index < -0.39 is 5.82 Å². The van der Waals surface area contributed by atoms with Gasteiger partial charge in [0.2, 0.25) is 0 Å². The fourth-order valence-electron chi connectivity index (χ4n) is 2.40. The van der Waals surface area contributed by atoms with Gasteiger partial charge in [0, 0.05) is 5.69 Å². The van der Waals surface area contributed by atoms with Crippen molar-refractivity contribution in [3.05, 3.63) is 29.0 Å². The van der Waals surface area contributed by atoms with Crippen molar-refractivity contribution in [1.29, 1.82) is 0 Å². The number of ether oxygens (including phenoxy) is 1. The van der Waals surface area contributed by atoms with Crippen LogP contribution in [0, 0.1) is 5.82 Å². The largest absolute Gasteiger partial charge is 0.450 e. The first kappa shape index (κ1) is 17.5. The van der Waals surface area contributed by atoms with Crippen LogP contribution in [0.4, 0.5) is 14.9 Å². The zero-order valence-electron chi connectivity index (χ0n) is 12.9. The lowest BCUT2D eigenvalue weighted by Gasteiger charge is -2.31. The Labute approximate surface area is 139 Å². The van der Waals surface area contributed by atoms with Crippen molar-refractivity contribution in [3.8, 4) is 0 Å². The number of nitrogens with zero attached hydrogens (tertiary/aromatic N) is 1. The summed E-state index contributed by atoms with van der Waals surface area (Å²) in [6.07, 6.45) is -0.308. The molecule has 1 aromatic carbocycles. The molecule has 1 aliphatic heterocycles. The number of amides is 2. The summed E-state index contributed by atoms with van der Waals surface area (Å²) in [6.45, 7) is 4.88. The van der Waals surface area contributed by atoms with Crippen molar-refractivity contribution in [2.75, 3.05) is 44.6 Å². The standard InChI is InChI=1S/C15H19ClFN3O3/c1-2-23-15(22)20-7-5-19(6-8-20)10-14(21)18-11-3-4-13(17)12(16)9-11/h3-4,9H,2,5-8,10H2,1H3,(H,18,21)/p+1. The quantitative estimate of drug-likeness (QED) is 0.848. The Morgan fingerprint density at radius 3 is 2.70 bits per heavy atom. The highest BCUT2D eigenvalue weighted by atomic mass is 35.5. The summed E-state index contributed by atoms with van der Waals surface area (Å²) < 4.78 is 18.0. The number of piperazine rings is 1. The van der Waals surface area contributed by atoms with E-state index in [1.54, 1.807) is 11.8 Å². The molecule has 2 N–H and O–H groups in total. The van der Waals surface area contributed by atoms with Crippen LogP contribution in [0.1, 0.15) is 6.92 Å². The summed E-state index contributed by atoms with van der Waals surface area (Å²) in [7, 11) is 0. The minimum absolute atomic E-state index is 0.0294. The second-order valence-electron chi connectivity index (χ2n) is 5.29. The second-order valence-corrected chi connectivity index (χ2v) is 5.70. The van der Waals surface area contributed by atoms with Crippen LogP contribution in [-0.2, 0) is 9.53 Å². The highest BCUT2D eigenvalue weighted by Crippen LogP contribution is 2.19. The molecule has 0 radical (unpaired) electrons. The number of anilines is 1. The van der Waals surface area contributed by atoms with Crippen molar-refractivity contribution in [1.82, 2.24) is 4.90 Å². The lowest BCUT2D eigenvalue weighted by atomic mass is 10.3. The van der Waals surface area contributed by atoms with Crippen LogP contribution in [0.5, 0.6) is 0 Å².